The molecule has 1 aliphatic carbocycles. The first-order chi connectivity index (χ1) is 17.5. The lowest BCUT2D eigenvalue weighted by molar-refractivity contribution is -0.145. The second-order valence-electron chi connectivity index (χ2n) is 8.48. The number of amides is 2. The largest absolute Gasteiger partial charge is 0.467 e. The monoisotopic (exact) mass is 504 g/mol. The summed E-state index contributed by atoms with van der Waals surface area (Å²) >= 11 is 4.21. The van der Waals surface area contributed by atoms with E-state index in [1.807, 2.05) is 66.7 Å². The summed E-state index contributed by atoms with van der Waals surface area (Å²) in [6.45, 7) is 0.125. The van der Waals surface area contributed by atoms with Gasteiger partial charge in [-0.15, -0.1) is 0 Å². The molecule has 0 aromatic heterocycles. The van der Waals surface area contributed by atoms with Gasteiger partial charge in [0.1, 0.15) is 18.7 Å². The van der Waals surface area contributed by atoms with Gasteiger partial charge in [0.05, 0.1) is 7.11 Å². The standard InChI is InChI=1S/C28H28N2O5S/c1-34-27(32)24(15-18-9-3-2-4-10-18)29-26(31)25(17-36)30-28(33)35-16-23-21-13-7-5-11-19(21)20-12-6-8-14-22(20)23/h2-14,23-25,36H,15-17H2,1H3,(H,29,31)(H,30,33)/t24-,25-/m0/s1. The second kappa shape index (κ2) is 11.8. The number of thiol groups is 1. The number of hydrogen-bond donors (Lipinski definition) is 3. The zero-order valence-corrected chi connectivity index (χ0v) is 20.7. The van der Waals surface area contributed by atoms with Crippen molar-refractivity contribution < 1.29 is 23.9 Å². The molecule has 36 heavy (non-hydrogen) atoms. The van der Waals surface area contributed by atoms with Crippen LogP contribution in [0.1, 0.15) is 22.6 Å². The molecule has 2 atom stereocenters. The Balaban J connectivity index is 1.37. The van der Waals surface area contributed by atoms with Crippen LogP contribution in [0, 0.1) is 0 Å². The number of rotatable bonds is 9. The van der Waals surface area contributed by atoms with Crippen LogP contribution >= 0.6 is 12.6 Å². The number of nitrogens with one attached hydrogen (secondary N) is 2. The molecule has 0 radical (unpaired) electrons. The van der Waals surface area contributed by atoms with Crippen molar-refractivity contribution in [3.8, 4) is 11.1 Å². The minimum Gasteiger partial charge on any atom is -0.467 e. The summed E-state index contributed by atoms with van der Waals surface area (Å²) in [7, 11) is 1.26. The average Bonchev–Trinajstić information content (AvgIpc) is 3.23. The predicted octanol–water partition coefficient (Wildman–Crippen LogP) is 3.72. The number of alkyl carbamates (subject to hydrolysis) is 1. The molecule has 4 rings (SSSR count). The van der Waals surface area contributed by atoms with E-state index in [0.717, 1.165) is 27.8 Å². The SMILES string of the molecule is COC(=O)[C@H](Cc1ccccc1)NC(=O)[C@H](CS)NC(=O)OCC1c2ccccc2-c2ccccc21. The van der Waals surface area contributed by atoms with Crippen LogP contribution in [0.25, 0.3) is 11.1 Å². The molecule has 0 saturated heterocycles. The Morgan fingerprint density at radius 1 is 0.833 bits per heavy atom. The lowest BCUT2D eigenvalue weighted by atomic mass is 9.98. The summed E-state index contributed by atoms with van der Waals surface area (Å²) in [6, 6.07) is 23.5. The van der Waals surface area contributed by atoms with Gasteiger partial charge in [-0.3, -0.25) is 4.79 Å². The predicted molar refractivity (Wildman–Crippen MR) is 140 cm³/mol. The topological polar surface area (TPSA) is 93.7 Å². The van der Waals surface area contributed by atoms with Gasteiger partial charge in [0.15, 0.2) is 0 Å². The highest BCUT2D eigenvalue weighted by Crippen LogP contribution is 2.44. The summed E-state index contributed by atoms with van der Waals surface area (Å²) in [6.07, 6.45) is -0.479. The fourth-order valence-electron chi connectivity index (χ4n) is 4.43. The third-order valence-corrected chi connectivity index (χ3v) is 6.58. The van der Waals surface area contributed by atoms with E-state index in [0.29, 0.717) is 0 Å². The van der Waals surface area contributed by atoms with Gasteiger partial charge in [0.2, 0.25) is 5.91 Å². The van der Waals surface area contributed by atoms with Crippen LogP contribution in [0.3, 0.4) is 0 Å². The molecule has 1 aliphatic rings. The van der Waals surface area contributed by atoms with E-state index in [-0.39, 0.29) is 24.7 Å². The third kappa shape index (κ3) is 5.71. The van der Waals surface area contributed by atoms with Gasteiger partial charge in [0, 0.05) is 18.1 Å². The Labute approximate surface area is 215 Å². The van der Waals surface area contributed by atoms with Crippen LogP contribution < -0.4 is 10.6 Å². The van der Waals surface area contributed by atoms with Crippen LogP contribution in [-0.4, -0.2) is 49.5 Å². The van der Waals surface area contributed by atoms with E-state index in [1.54, 1.807) is 0 Å². The van der Waals surface area contributed by atoms with Crippen molar-refractivity contribution in [3.63, 3.8) is 0 Å². The van der Waals surface area contributed by atoms with Crippen LogP contribution in [0.2, 0.25) is 0 Å². The fourth-order valence-corrected chi connectivity index (χ4v) is 4.69. The molecule has 2 amide bonds. The zero-order chi connectivity index (χ0) is 25.5. The van der Waals surface area contributed by atoms with Crippen molar-refractivity contribution >= 4 is 30.6 Å². The molecule has 186 valence electrons. The highest BCUT2D eigenvalue weighted by Gasteiger charge is 2.30. The highest BCUT2D eigenvalue weighted by molar-refractivity contribution is 7.80. The summed E-state index contributed by atoms with van der Waals surface area (Å²) in [4.78, 5) is 37.8. The van der Waals surface area contributed by atoms with Crippen molar-refractivity contribution in [3.05, 3.63) is 95.6 Å². The number of ether oxygens (including phenoxy) is 2. The maximum absolute atomic E-state index is 12.9. The Bertz CT molecular complexity index is 1190. The molecule has 0 fully saturated rings. The number of benzene rings is 3. The number of methoxy groups -OCH3 is 1. The minimum absolute atomic E-state index is 0.0231. The molecule has 0 unspecified atom stereocenters. The molecule has 0 bridgehead atoms. The van der Waals surface area contributed by atoms with Gasteiger partial charge < -0.3 is 20.1 Å². The van der Waals surface area contributed by atoms with Crippen molar-refractivity contribution in [2.24, 2.45) is 0 Å². The fraction of sp³-hybridized carbons (Fsp3) is 0.250. The summed E-state index contributed by atoms with van der Waals surface area (Å²) in [5.41, 5.74) is 5.30. The van der Waals surface area contributed by atoms with Gasteiger partial charge in [-0.2, -0.15) is 12.6 Å². The Kier molecular flexibility index (Phi) is 8.28. The molecule has 0 aliphatic heterocycles. The first-order valence-electron chi connectivity index (χ1n) is 11.7. The first-order valence-corrected chi connectivity index (χ1v) is 12.3. The van der Waals surface area contributed by atoms with E-state index >= 15 is 0 Å². The number of carbonyl (C=O) groups excluding carboxylic acids is 3. The van der Waals surface area contributed by atoms with Crippen LogP contribution in [0.5, 0.6) is 0 Å². The number of esters is 1. The van der Waals surface area contributed by atoms with Crippen LogP contribution in [0.4, 0.5) is 4.79 Å². The molecule has 0 saturated carbocycles. The van der Waals surface area contributed by atoms with Crippen LogP contribution in [-0.2, 0) is 25.5 Å². The second-order valence-corrected chi connectivity index (χ2v) is 8.84. The van der Waals surface area contributed by atoms with Crippen molar-refractivity contribution in [2.75, 3.05) is 19.5 Å². The Morgan fingerprint density at radius 2 is 1.42 bits per heavy atom. The Morgan fingerprint density at radius 3 is 2.00 bits per heavy atom. The Hall–Kier alpha value is -3.78. The van der Waals surface area contributed by atoms with E-state index in [4.69, 9.17) is 9.47 Å². The summed E-state index contributed by atoms with van der Waals surface area (Å²) < 4.78 is 10.4. The highest BCUT2D eigenvalue weighted by atomic mass is 32.1. The van der Waals surface area contributed by atoms with Crippen molar-refractivity contribution in [2.45, 2.75) is 24.4 Å². The van der Waals surface area contributed by atoms with E-state index < -0.39 is 30.1 Å². The molecule has 7 nitrogen and oxygen atoms in total. The first kappa shape index (κ1) is 25.3. The van der Waals surface area contributed by atoms with Gasteiger partial charge in [0.25, 0.3) is 0 Å². The van der Waals surface area contributed by atoms with E-state index in [1.165, 1.54) is 7.11 Å². The maximum Gasteiger partial charge on any atom is 0.407 e. The average molecular weight is 505 g/mol. The van der Waals surface area contributed by atoms with E-state index in [2.05, 4.69) is 35.4 Å². The molecule has 2 N–H and O–H groups in total. The molecule has 0 heterocycles. The lowest BCUT2D eigenvalue weighted by Gasteiger charge is -2.21. The van der Waals surface area contributed by atoms with Gasteiger partial charge in [-0.1, -0.05) is 78.9 Å². The van der Waals surface area contributed by atoms with Crippen molar-refractivity contribution in [1.29, 1.82) is 0 Å². The summed E-state index contributed by atoms with van der Waals surface area (Å²) in [5, 5.41) is 5.23. The molecule has 3 aromatic rings. The lowest BCUT2D eigenvalue weighted by Crippen LogP contribution is -2.53. The van der Waals surface area contributed by atoms with Gasteiger partial charge in [-0.25, -0.2) is 9.59 Å². The molecular formula is C28H28N2O5S. The third-order valence-electron chi connectivity index (χ3n) is 6.22. The number of carbonyl (C=O) groups is 3. The summed E-state index contributed by atoms with van der Waals surface area (Å²) in [5.74, 6) is -1.20. The van der Waals surface area contributed by atoms with Crippen molar-refractivity contribution in [1.82, 2.24) is 10.6 Å². The van der Waals surface area contributed by atoms with Gasteiger partial charge in [-0.05, 0) is 27.8 Å². The quantitative estimate of drug-likeness (QED) is 0.305. The maximum atomic E-state index is 12.9. The van der Waals surface area contributed by atoms with E-state index in [9.17, 15) is 14.4 Å². The minimum atomic E-state index is -0.994. The van der Waals surface area contributed by atoms with Crippen LogP contribution in [0.15, 0.2) is 78.9 Å². The molecule has 8 heteroatoms. The smallest absolute Gasteiger partial charge is 0.407 e. The molecular weight excluding hydrogens is 476 g/mol. The normalized spacial score (nSPS) is 13.6. The van der Waals surface area contributed by atoms with Gasteiger partial charge >= 0.3 is 12.1 Å². The number of fused-ring (bicyclic) bond motifs is 3. The molecule has 3 aromatic carbocycles. The number of hydrogen-bond acceptors (Lipinski definition) is 6. The molecule has 0 spiro atoms. The zero-order valence-electron chi connectivity index (χ0n) is 19.8.